The molecule has 1 fully saturated rings. The van der Waals surface area contributed by atoms with Crippen molar-refractivity contribution < 1.29 is 9.90 Å². The zero-order valence-corrected chi connectivity index (χ0v) is 11.4. The van der Waals surface area contributed by atoms with Gasteiger partial charge in [0.05, 0.1) is 16.3 Å². The van der Waals surface area contributed by atoms with Crippen LogP contribution in [0.3, 0.4) is 0 Å². The van der Waals surface area contributed by atoms with Gasteiger partial charge >= 0.3 is 5.97 Å². The van der Waals surface area contributed by atoms with Crippen molar-refractivity contribution in [3.05, 3.63) is 28.8 Å². The maximum atomic E-state index is 10.9. The summed E-state index contributed by atoms with van der Waals surface area (Å²) < 4.78 is 0. The number of carbonyl (C=O) groups is 1. The molecule has 1 aliphatic rings. The molecule has 1 aromatic carbocycles. The third-order valence-corrected chi connectivity index (χ3v) is 4.03. The van der Waals surface area contributed by atoms with Gasteiger partial charge in [0.2, 0.25) is 0 Å². The molecule has 2 rings (SSSR count). The first-order chi connectivity index (χ1) is 8.54. The number of nitrogens with zero attached hydrogens (tertiary/aromatic N) is 1. The van der Waals surface area contributed by atoms with Crippen LogP contribution in [-0.2, 0) is 0 Å². The minimum absolute atomic E-state index is 0.239. The topological polar surface area (TPSA) is 40.5 Å². The first kappa shape index (κ1) is 13.2. The van der Waals surface area contributed by atoms with Crippen molar-refractivity contribution in [1.29, 1.82) is 0 Å². The van der Waals surface area contributed by atoms with Crippen LogP contribution in [0.15, 0.2) is 18.2 Å². The van der Waals surface area contributed by atoms with Crippen LogP contribution in [-0.4, -0.2) is 23.2 Å². The van der Waals surface area contributed by atoms with Gasteiger partial charge in [-0.25, -0.2) is 4.79 Å². The second kappa shape index (κ2) is 5.19. The summed E-state index contributed by atoms with van der Waals surface area (Å²) in [4.78, 5) is 13.2. The van der Waals surface area contributed by atoms with E-state index in [1.807, 2.05) is 6.07 Å². The molecule has 0 saturated carbocycles. The van der Waals surface area contributed by atoms with Crippen molar-refractivity contribution in [2.75, 3.05) is 4.90 Å². The summed E-state index contributed by atoms with van der Waals surface area (Å²) in [6.45, 7) is 4.37. The Morgan fingerprint density at radius 2 is 2.22 bits per heavy atom. The first-order valence-electron chi connectivity index (χ1n) is 6.35. The molecule has 18 heavy (non-hydrogen) atoms. The van der Waals surface area contributed by atoms with Crippen LogP contribution >= 0.6 is 11.6 Å². The summed E-state index contributed by atoms with van der Waals surface area (Å²) in [5.41, 5.74) is 1.20. The van der Waals surface area contributed by atoms with E-state index >= 15 is 0 Å². The molecule has 0 aliphatic carbocycles. The summed E-state index contributed by atoms with van der Waals surface area (Å²) in [6.07, 6.45) is 3.42. The highest BCUT2D eigenvalue weighted by molar-refractivity contribution is 6.33. The van der Waals surface area contributed by atoms with Crippen LogP contribution in [0.1, 0.15) is 43.5 Å². The fraction of sp³-hybridized carbons (Fsp3) is 0.500. The van der Waals surface area contributed by atoms with Crippen LogP contribution in [0, 0.1) is 0 Å². The van der Waals surface area contributed by atoms with Crippen LogP contribution < -0.4 is 4.90 Å². The number of hydrogen-bond acceptors (Lipinski definition) is 2. The van der Waals surface area contributed by atoms with Crippen molar-refractivity contribution >= 4 is 23.3 Å². The summed E-state index contributed by atoms with van der Waals surface area (Å²) in [5.74, 6) is -0.940. The predicted octanol–water partition coefficient (Wildman–Crippen LogP) is 3.81. The van der Waals surface area contributed by atoms with Crippen LogP contribution in [0.2, 0.25) is 5.02 Å². The monoisotopic (exact) mass is 267 g/mol. The highest BCUT2D eigenvalue weighted by Crippen LogP contribution is 2.36. The number of halogens is 1. The summed E-state index contributed by atoms with van der Waals surface area (Å²) in [6, 6.07) is 5.96. The molecule has 2 atom stereocenters. The Morgan fingerprint density at radius 3 is 2.78 bits per heavy atom. The second-order valence-electron chi connectivity index (χ2n) is 4.87. The third kappa shape index (κ3) is 2.32. The zero-order valence-electron chi connectivity index (χ0n) is 10.7. The molecular formula is C14H18ClNO2. The van der Waals surface area contributed by atoms with Crippen molar-refractivity contribution in [2.45, 2.75) is 45.2 Å². The van der Waals surface area contributed by atoms with Gasteiger partial charge in [0, 0.05) is 12.1 Å². The quantitative estimate of drug-likeness (QED) is 0.905. The van der Waals surface area contributed by atoms with Crippen molar-refractivity contribution in [3.8, 4) is 0 Å². The second-order valence-corrected chi connectivity index (χ2v) is 5.27. The van der Waals surface area contributed by atoms with E-state index in [1.165, 1.54) is 12.5 Å². The molecule has 1 N–H and O–H groups in total. The van der Waals surface area contributed by atoms with Gasteiger partial charge in [0.15, 0.2) is 0 Å². The van der Waals surface area contributed by atoms with Gasteiger partial charge in [0.1, 0.15) is 0 Å². The van der Waals surface area contributed by atoms with E-state index in [1.54, 1.807) is 6.07 Å². The van der Waals surface area contributed by atoms with E-state index < -0.39 is 5.97 Å². The molecule has 4 heteroatoms. The van der Waals surface area contributed by atoms with Gasteiger partial charge in [-0.15, -0.1) is 0 Å². The van der Waals surface area contributed by atoms with E-state index in [9.17, 15) is 4.79 Å². The number of anilines is 1. The van der Waals surface area contributed by atoms with E-state index in [-0.39, 0.29) is 5.56 Å². The molecule has 1 saturated heterocycles. The Bertz CT molecular complexity index is 461. The fourth-order valence-corrected chi connectivity index (χ4v) is 3.03. The molecule has 1 aromatic rings. The Morgan fingerprint density at radius 1 is 1.50 bits per heavy atom. The highest BCUT2D eigenvalue weighted by Gasteiger charge is 2.30. The Kier molecular flexibility index (Phi) is 3.81. The largest absolute Gasteiger partial charge is 0.478 e. The van der Waals surface area contributed by atoms with Crippen molar-refractivity contribution in [2.24, 2.45) is 0 Å². The normalized spacial score (nSPS) is 23.4. The molecular weight excluding hydrogens is 250 g/mol. The highest BCUT2D eigenvalue weighted by atomic mass is 35.5. The fourth-order valence-electron chi connectivity index (χ4n) is 2.76. The maximum Gasteiger partial charge on any atom is 0.335 e. The lowest BCUT2D eigenvalue weighted by Gasteiger charge is -2.31. The first-order valence-corrected chi connectivity index (χ1v) is 6.73. The number of aromatic carboxylic acids is 1. The summed E-state index contributed by atoms with van der Waals surface area (Å²) in [7, 11) is 0. The lowest BCUT2D eigenvalue weighted by atomic mass is 10.1. The molecule has 98 valence electrons. The molecule has 0 spiro atoms. The minimum atomic E-state index is -0.940. The van der Waals surface area contributed by atoms with Crippen molar-refractivity contribution in [3.63, 3.8) is 0 Å². The smallest absolute Gasteiger partial charge is 0.335 e. The number of benzene rings is 1. The Hall–Kier alpha value is -1.22. The molecule has 0 amide bonds. The van der Waals surface area contributed by atoms with Crippen LogP contribution in [0.4, 0.5) is 5.69 Å². The van der Waals surface area contributed by atoms with Gasteiger partial charge in [-0.1, -0.05) is 18.5 Å². The maximum absolute atomic E-state index is 10.9. The summed E-state index contributed by atoms with van der Waals surface area (Å²) in [5, 5.41) is 9.47. The van der Waals surface area contributed by atoms with E-state index in [0.29, 0.717) is 17.1 Å². The minimum Gasteiger partial charge on any atom is -0.478 e. The van der Waals surface area contributed by atoms with Crippen LogP contribution in [0.5, 0.6) is 0 Å². The SMILES string of the molecule is CCC1CCC(C)N1c1ccc(C(=O)O)cc1Cl. The van der Waals surface area contributed by atoms with E-state index in [2.05, 4.69) is 18.7 Å². The average Bonchev–Trinajstić information content (AvgIpc) is 2.70. The third-order valence-electron chi connectivity index (χ3n) is 3.73. The lowest BCUT2D eigenvalue weighted by molar-refractivity contribution is 0.0697. The molecule has 3 nitrogen and oxygen atoms in total. The molecule has 0 bridgehead atoms. The Labute approximate surface area is 112 Å². The molecule has 0 aromatic heterocycles. The van der Waals surface area contributed by atoms with Gasteiger partial charge in [-0.05, 0) is 44.4 Å². The number of carboxylic acid groups (broad SMARTS) is 1. The standard InChI is InChI=1S/C14H18ClNO2/c1-3-11-6-4-9(2)16(11)13-7-5-10(14(17)18)8-12(13)15/h5,7-9,11H,3-4,6H2,1-2H3,(H,17,18). The van der Waals surface area contributed by atoms with E-state index in [0.717, 1.165) is 18.5 Å². The summed E-state index contributed by atoms with van der Waals surface area (Å²) >= 11 is 6.24. The molecule has 1 heterocycles. The molecule has 1 aliphatic heterocycles. The van der Waals surface area contributed by atoms with E-state index in [4.69, 9.17) is 16.7 Å². The van der Waals surface area contributed by atoms with Gasteiger partial charge in [0.25, 0.3) is 0 Å². The predicted molar refractivity (Wildman–Crippen MR) is 73.7 cm³/mol. The van der Waals surface area contributed by atoms with Gasteiger partial charge in [-0.3, -0.25) is 0 Å². The molecule has 0 radical (unpaired) electrons. The van der Waals surface area contributed by atoms with Crippen LogP contribution in [0.25, 0.3) is 0 Å². The number of hydrogen-bond donors (Lipinski definition) is 1. The zero-order chi connectivity index (χ0) is 13.3. The number of carboxylic acids is 1. The van der Waals surface area contributed by atoms with Gasteiger partial charge < -0.3 is 10.0 Å². The number of rotatable bonds is 3. The lowest BCUT2D eigenvalue weighted by Crippen LogP contribution is -2.34. The Balaban J connectivity index is 2.35. The van der Waals surface area contributed by atoms with Gasteiger partial charge in [-0.2, -0.15) is 0 Å². The molecule has 2 unspecified atom stereocenters. The average molecular weight is 268 g/mol. The van der Waals surface area contributed by atoms with Crippen molar-refractivity contribution in [1.82, 2.24) is 0 Å².